The Morgan fingerprint density at radius 2 is 2.18 bits per heavy atom. The first-order valence-corrected chi connectivity index (χ1v) is 5.87. The van der Waals surface area contributed by atoms with E-state index in [1.807, 2.05) is 17.9 Å². The third kappa shape index (κ3) is 4.34. The zero-order valence-corrected chi connectivity index (χ0v) is 10.3. The Morgan fingerprint density at radius 1 is 1.41 bits per heavy atom. The summed E-state index contributed by atoms with van der Waals surface area (Å²) in [5.41, 5.74) is 0.914. The summed E-state index contributed by atoms with van der Waals surface area (Å²) in [6.07, 6.45) is 0.358. The minimum Gasteiger partial charge on any atom is -0.508 e. The molecule has 0 heterocycles. The van der Waals surface area contributed by atoms with Crippen molar-refractivity contribution in [3.8, 4) is 5.75 Å². The normalized spacial score (nSPS) is 10.0. The van der Waals surface area contributed by atoms with Gasteiger partial charge in [-0.1, -0.05) is 6.07 Å². The number of hydrogen-bond acceptors (Lipinski definition) is 4. The predicted molar refractivity (Wildman–Crippen MR) is 67.2 cm³/mol. The lowest BCUT2D eigenvalue weighted by atomic mass is 10.2. The van der Waals surface area contributed by atoms with Gasteiger partial charge in [0.2, 0.25) is 0 Å². The predicted octanol–water partition coefficient (Wildman–Crippen LogP) is 2.17. The van der Waals surface area contributed by atoms with Crippen LogP contribution in [0.4, 0.5) is 5.69 Å². The summed E-state index contributed by atoms with van der Waals surface area (Å²) in [4.78, 5) is 13.3. The van der Waals surface area contributed by atoms with E-state index < -0.39 is 0 Å². The molecule has 1 aromatic rings. The number of ether oxygens (including phenoxy) is 1. The summed E-state index contributed by atoms with van der Waals surface area (Å²) >= 11 is 0. The van der Waals surface area contributed by atoms with Gasteiger partial charge in [0.25, 0.3) is 0 Å². The highest BCUT2D eigenvalue weighted by atomic mass is 16.5. The number of hydrogen-bond donors (Lipinski definition) is 1. The third-order valence-electron chi connectivity index (χ3n) is 2.47. The number of aromatic hydroxyl groups is 1. The average molecular weight is 237 g/mol. The summed E-state index contributed by atoms with van der Waals surface area (Å²) in [7, 11) is 0. The van der Waals surface area contributed by atoms with Crippen molar-refractivity contribution in [2.75, 3.05) is 24.6 Å². The standard InChI is InChI=1S/C13H19NO3/c1-3-14(9-8-13(16)17-4-2)11-6-5-7-12(15)10-11/h5-7,10,15H,3-4,8-9H2,1-2H3. The van der Waals surface area contributed by atoms with Crippen LogP contribution >= 0.6 is 0 Å². The first kappa shape index (κ1) is 13.4. The molecular weight excluding hydrogens is 218 g/mol. The van der Waals surface area contributed by atoms with Crippen molar-refractivity contribution in [3.05, 3.63) is 24.3 Å². The lowest BCUT2D eigenvalue weighted by Gasteiger charge is -2.22. The molecule has 0 amide bonds. The Morgan fingerprint density at radius 3 is 2.76 bits per heavy atom. The Balaban J connectivity index is 2.57. The molecule has 1 rings (SSSR count). The van der Waals surface area contributed by atoms with Gasteiger partial charge in [-0.05, 0) is 26.0 Å². The first-order valence-electron chi connectivity index (χ1n) is 5.87. The van der Waals surface area contributed by atoms with Crippen LogP contribution in [0.15, 0.2) is 24.3 Å². The molecule has 0 saturated carbocycles. The molecule has 0 aliphatic carbocycles. The van der Waals surface area contributed by atoms with Crippen molar-refractivity contribution in [2.24, 2.45) is 0 Å². The van der Waals surface area contributed by atoms with Crippen molar-refractivity contribution in [3.63, 3.8) is 0 Å². The molecule has 4 nitrogen and oxygen atoms in total. The van der Waals surface area contributed by atoms with Crippen molar-refractivity contribution in [1.29, 1.82) is 0 Å². The topological polar surface area (TPSA) is 49.8 Å². The van der Waals surface area contributed by atoms with Crippen LogP contribution < -0.4 is 4.90 Å². The maximum absolute atomic E-state index is 11.3. The first-order chi connectivity index (χ1) is 8.17. The van der Waals surface area contributed by atoms with E-state index in [0.717, 1.165) is 12.2 Å². The quantitative estimate of drug-likeness (QED) is 0.770. The summed E-state index contributed by atoms with van der Waals surface area (Å²) in [6.45, 7) is 5.60. The van der Waals surface area contributed by atoms with Crippen molar-refractivity contribution < 1.29 is 14.6 Å². The average Bonchev–Trinajstić information content (AvgIpc) is 2.30. The maximum atomic E-state index is 11.3. The molecule has 0 unspecified atom stereocenters. The Hall–Kier alpha value is -1.71. The maximum Gasteiger partial charge on any atom is 0.307 e. The van der Waals surface area contributed by atoms with Crippen LogP contribution in [0.5, 0.6) is 5.75 Å². The SMILES string of the molecule is CCOC(=O)CCN(CC)c1cccc(O)c1. The molecule has 17 heavy (non-hydrogen) atoms. The number of anilines is 1. The van der Waals surface area contributed by atoms with Gasteiger partial charge in [-0.15, -0.1) is 0 Å². The minimum atomic E-state index is -0.189. The molecule has 1 aromatic carbocycles. The fraction of sp³-hybridized carbons (Fsp3) is 0.462. The van der Waals surface area contributed by atoms with Crippen LogP contribution in [0.3, 0.4) is 0 Å². The summed E-state index contributed by atoms with van der Waals surface area (Å²) in [5.74, 6) is 0.0446. The molecule has 0 aliphatic heterocycles. The number of esters is 1. The second-order valence-corrected chi connectivity index (χ2v) is 3.65. The van der Waals surface area contributed by atoms with Crippen molar-refractivity contribution >= 4 is 11.7 Å². The van der Waals surface area contributed by atoms with E-state index in [1.54, 1.807) is 25.1 Å². The molecule has 0 fully saturated rings. The number of phenols is 1. The van der Waals surface area contributed by atoms with E-state index >= 15 is 0 Å². The van der Waals surface area contributed by atoms with E-state index in [1.165, 1.54) is 0 Å². The van der Waals surface area contributed by atoms with E-state index in [9.17, 15) is 9.90 Å². The van der Waals surface area contributed by atoms with Crippen LogP contribution in [0.25, 0.3) is 0 Å². The largest absolute Gasteiger partial charge is 0.508 e. The second kappa shape index (κ2) is 6.78. The number of benzene rings is 1. The number of nitrogens with zero attached hydrogens (tertiary/aromatic N) is 1. The van der Waals surface area contributed by atoms with Gasteiger partial charge in [0.1, 0.15) is 5.75 Å². The van der Waals surface area contributed by atoms with Gasteiger partial charge < -0.3 is 14.7 Å². The lowest BCUT2D eigenvalue weighted by molar-refractivity contribution is -0.142. The Labute approximate surface area is 102 Å². The summed E-state index contributed by atoms with van der Waals surface area (Å²) in [6, 6.07) is 7.02. The zero-order valence-electron chi connectivity index (χ0n) is 10.3. The van der Waals surface area contributed by atoms with Gasteiger partial charge in [0, 0.05) is 24.8 Å². The molecule has 4 heteroatoms. The smallest absolute Gasteiger partial charge is 0.307 e. The van der Waals surface area contributed by atoms with Gasteiger partial charge in [-0.2, -0.15) is 0 Å². The van der Waals surface area contributed by atoms with Crippen molar-refractivity contribution in [2.45, 2.75) is 20.3 Å². The summed E-state index contributed by atoms with van der Waals surface area (Å²) < 4.78 is 4.88. The van der Waals surface area contributed by atoms with E-state index in [4.69, 9.17) is 4.74 Å². The Bertz CT molecular complexity index is 365. The molecule has 0 radical (unpaired) electrons. The molecule has 0 bridgehead atoms. The molecule has 0 aromatic heterocycles. The number of carbonyl (C=O) groups is 1. The van der Waals surface area contributed by atoms with Crippen LogP contribution in [-0.2, 0) is 9.53 Å². The van der Waals surface area contributed by atoms with Gasteiger partial charge >= 0.3 is 5.97 Å². The third-order valence-corrected chi connectivity index (χ3v) is 2.47. The molecule has 94 valence electrons. The van der Waals surface area contributed by atoms with Gasteiger partial charge in [0.05, 0.1) is 13.0 Å². The van der Waals surface area contributed by atoms with Crippen LogP contribution in [0.2, 0.25) is 0 Å². The van der Waals surface area contributed by atoms with Gasteiger partial charge in [0.15, 0.2) is 0 Å². The van der Waals surface area contributed by atoms with Crippen LogP contribution in [0, 0.1) is 0 Å². The highest BCUT2D eigenvalue weighted by Crippen LogP contribution is 2.19. The van der Waals surface area contributed by atoms with E-state index in [0.29, 0.717) is 19.6 Å². The summed E-state index contributed by atoms with van der Waals surface area (Å²) in [5, 5.41) is 9.40. The zero-order chi connectivity index (χ0) is 12.7. The highest BCUT2D eigenvalue weighted by Gasteiger charge is 2.08. The fourth-order valence-corrected chi connectivity index (χ4v) is 1.62. The van der Waals surface area contributed by atoms with Crippen LogP contribution in [-0.4, -0.2) is 30.8 Å². The molecule has 0 atom stereocenters. The second-order valence-electron chi connectivity index (χ2n) is 3.65. The van der Waals surface area contributed by atoms with Gasteiger partial charge in [-0.25, -0.2) is 0 Å². The number of rotatable bonds is 6. The number of carbonyl (C=O) groups excluding carboxylic acids is 1. The molecule has 0 aliphatic rings. The molecule has 1 N–H and O–H groups in total. The Kier molecular flexibility index (Phi) is 5.33. The van der Waals surface area contributed by atoms with Crippen molar-refractivity contribution in [1.82, 2.24) is 0 Å². The number of phenolic OH excluding ortho intramolecular Hbond substituents is 1. The fourth-order valence-electron chi connectivity index (χ4n) is 1.62. The van der Waals surface area contributed by atoms with Crippen LogP contribution in [0.1, 0.15) is 20.3 Å². The monoisotopic (exact) mass is 237 g/mol. The van der Waals surface area contributed by atoms with Gasteiger partial charge in [-0.3, -0.25) is 4.79 Å². The highest BCUT2D eigenvalue weighted by molar-refractivity contribution is 5.70. The lowest BCUT2D eigenvalue weighted by Crippen LogP contribution is -2.26. The van der Waals surface area contributed by atoms with E-state index in [-0.39, 0.29) is 11.7 Å². The molecule has 0 saturated heterocycles. The van der Waals surface area contributed by atoms with E-state index in [2.05, 4.69) is 0 Å². The minimum absolute atomic E-state index is 0.189. The molecule has 0 spiro atoms. The molecular formula is C13H19NO3.